The van der Waals surface area contributed by atoms with Crippen LogP contribution in [0.5, 0.6) is 0 Å². The van der Waals surface area contributed by atoms with E-state index < -0.39 is 10.0 Å². The molecule has 1 fully saturated rings. The highest BCUT2D eigenvalue weighted by Gasteiger charge is 2.34. The van der Waals surface area contributed by atoms with Gasteiger partial charge in [-0.15, -0.1) is 0 Å². The number of halogens is 1. The molecule has 2 aromatic carbocycles. The maximum absolute atomic E-state index is 13.3. The zero-order chi connectivity index (χ0) is 19.3. The quantitative estimate of drug-likeness (QED) is 0.779. The number of anilines is 3. The van der Waals surface area contributed by atoms with Gasteiger partial charge >= 0.3 is 0 Å². The first kappa shape index (κ1) is 18.1. The van der Waals surface area contributed by atoms with Crippen molar-refractivity contribution in [2.24, 2.45) is 0 Å². The monoisotopic (exact) mass is 389 g/mol. The molecule has 0 N–H and O–H groups in total. The minimum Gasteiger partial charge on any atom is -0.288 e. The second-order valence-electron chi connectivity index (χ2n) is 7.30. The number of hydrogen-bond donors (Lipinski definition) is 0. The fraction of sp³-hybridized carbons (Fsp3) is 0.400. The van der Waals surface area contributed by atoms with Crippen LogP contribution in [0, 0.1) is 5.82 Å². The number of nitrogens with zero attached hydrogens (tertiary/aromatic N) is 3. The predicted molar refractivity (Wildman–Crippen MR) is 107 cm³/mol. The fourth-order valence-electron chi connectivity index (χ4n) is 3.86. The Morgan fingerprint density at radius 2 is 1.85 bits per heavy atom. The first-order chi connectivity index (χ1) is 12.8. The van der Waals surface area contributed by atoms with E-state index in [0.29, 0.717) is 19.0 Å². The summed E-state index contributed by atoms with van der Waals surface area (Å²) in [7, 11) is -1.39. The highest BCUT2D eigenvalue weighted by Crippen LogP contribution is 2.48. The van der Waals surface area contributed by atoms with Crippen molar-refractivity contribution in [1.82, 2.24) is 0 Å². The summed E-state index contributed by atoms with van der Waals surface area (Å²) < 4.78 is 39.4. The third kappa shape index (κ3) is 3.25. The van der Waals surface area contributed by atoms with Gasteiger partial charge in [-0.3, -0.25) is 14.3 Å². The van der Waals surface area contributed by atoms with Crippen LogP contribution in [-0.4, -0.2) is 28.3 Å². The molecule has 0 radical (unpaired) electrons. The van der Waals surface area contributed by atoms with E-state index in [1.165, 1.54) is 22.7 Å². The molecular formula is C20H24FN3O2S. The van der Waals surface area contributed by atoms with Gasteiger partial charge in [-0.1, -0.05) is 0 Å². The second-order valence-corrected chi connectivity index (χ2v) is 9.21. The molecule has 0 spiro atoms. The van der Waals surface area contributed by atoms with Crippen molar-refractivity contribution in [1.29, 1.82) is 0 Å². The summed E-state index contributed by atoms with van der Waals surface area (Å²) in [5.41, 5.74) is 4.96. The lowest BCUT2D eigenvalue weighted by molar-refractivity contribution is 0.597. The fourth-order valence-corrected chi connectivity index (χ4v) is 4.85. The Kier molecular flexibility index (Phi) is 4.29. The molecule has 0 unspecified atom stereocenters. The van der Waals surface area contributed by atoms with Crippen molar-refractivity contribution in [3.63, 3.8) is 0 Å². The van der Waals surface area contributed by atoms with Crippen LogP contribution in [0.1, 0.15) is 36.8 Å². The largest absolute Gasteiger partial charge is 0.288 e. The Balaban J connectivity index is 1.78. The molecule has 1 heterocycles. The van der Waals surface area contributed by atoms with Crippen LogP contribution in [0.3, 0.4) is 0 Å². The molecule has 0 bridgehead atoms. The van der Waals surface area contributed by atoms with Gasteiger partial charge in [0.1, 0.15) is 5.82 Å². The minimum absolute atomic E-state index is 0.261. The van der Waals surface area contributed by atoms with Gasteiger partial charge < -0.3 is 0 Å². The molecule has 144 valence electrons. The number of sulfonamides is 1. The van der Waals surface area contributed by atoms with Crippen molar-refractivity contribution in [3.05, 3.63) is 53.3 Å². The van der Waals surface area contributed by atoms with Crippen LogP contribution in [0.15, 0.2) is 36.4 Å². The van der Waals surface area contributed by atoms with Crippen molar-refractivity contribution in [2.75, 3.05) is 34.2 Å². The first-order valence-electron chi connectivity index (χ1n) is 9.21. The van der Waals surface area contributed by atoms with Gasteiger partial charge in [-0.05, 0) is 73.2 Å². The van der Waals surface area contributed by atoms with Gasteiger partial charge in [-0.25, -0.2) is 12.8 Å². The number of fused-ring (bicyclic) bond motifs is 1. The van der Waals surface area contributed by atoms with Crippen LogP contribution in [0.4, 0.5) is 21.5 Å². The van der Waals surface area contributed by atoms with Crippen molar-refractivity contribution < 1.29 is 12.8 Å². The molecule has 1 saturated carbocycles. The van der Waals surface area contributed by atoms with E-state index in [0.717, 1.165) is 41.0 Å². The number of hydrazine groups is 1. The molecule has 4 rings (SSSR count). The van der Waals surface area contributed by atoms with Crippen LogP contribution < -0.4 is 14.3 Å². The molecule has 5 nitrogen and oxygen atoms in total. The van der Waals surface area contributed by atoms with Gasteiger partial charge in [0.25, 0.3) is 0 Å². The molecule has 0 atom stereocenters. The normalized spacial score (nSPS) is 16.6. The van der Waals surface area contributed by atoms with Gasteiger partial charge in [-0.2, -0.15) is 0 Å². The molecule has 0 saturated heterocycles. The Bertz CT molecular complexity index is 971. The van der Waals surface area contributed by atoms with E-state index in [1.54, 1.807) is 12.1 Å². The Morgan fingerprint density at radius 1 is 1.19 bits per heavy atom. The predicted octanol–water partition coefficient (Wildman–Crippen LogP) is 3.86. The number of benzene rings is 2. The molecule has 0 aromatic heterocycles. The van der Waals surface area contributed by atoms with E-state index in [9.17, 15) is 12.8 Å². The van der Waals surface area contributed by atoms with Crippen molar-refractivity contribution in [2.45, 2.75) is 32.2 Å². The second kappa shape index (κ2) is 6.41. The van der Waals surface area contributed by atoms with E-state index in [-0.39, 0.29) is 5.82 Å². The van der Waals surface area contributed by atoms with Crippen molar-refractivity contribution >= 4 is 27.1 Å². The van der Waals surface area contributed by atoms with Crippen LogP contribution in [0.25, 0.3) is 0 Å². The molecule has 1 aliphatic carbocycles. The molecule has 1 aliphatic heterocycles. The van der Waals surface area contributed by atoms with E-state index in [4.69, 9.17) is 0 Å². The average molecular weight is 389 g/mol. The number of hydrogen-bond acceptors (Lipinski definition) is 4. The summed E-state index contributed by atoms with van der Waals surface area (Å²) in [6.07, 6.45) is 3.46. The first-order valence-corrected chi connectivity index (χ1v) is 11.1. The standard InChI is InChI=1S/C20H24FN3O2S/c1-4-24(27(3,25)26)20-12-19-15(11-18(20)14-5-6-14)13-23(22(19)2)17-9-7-16(21)8-10-17/h7-12,14H,4-6,13H2,1-3H3. The summed E-state index contributed by atoms with van der Waals surface area (Å²) in [6.45, 7) is 2.95. The van der Waals surface area contributed by atoms with Crippen LogP contribution in [-0.2, 0) is 16.6 Å². The lowest BCUT2D eigenvalue weighted by Gasteiger charge is -2.29. The molecular weight excluding hydrogens is 365 g/mol. The highest BCUT2D eigenvalue weighted by atomic mass is 32.2. The minimum atomic E-state index is -3.34. The topological polar surface area (TPSA) is 43.9 Å². The maximum Gasteiger partial charge on any atom is 0.232 e. The molecule has 7 heteroatoms. The zero-order valence-electron chi connectivity index (χ0n) is 15.8. The molecule has 2 aliphatic rings. The van der Waals surface area contributed by atoms with Crippen LogP contribution >= 0.6 is 0 Å². The van der Waals surface area contributed by atoms with Gasteiger partial charge in [0, 0.05) is 13.6 Å². The van der Waals surface area contributed by atoms with E-state index in [2.05, 4.69) is 11.1 Å². The lowest BCUT2D eigenvalue weighted by atomic mass is 10.0. The molecule has 2 aromatic rings. The smallest absolute Gasteiger partial charge is 0.232 e. The Hall–Kier alpha value is -2.28. The van der Waals surface area contributed by atoms with Crippen molar-refractivity contribution in [3.8, 4) is 0 Å². The van der Waals surface area contributed by atoms with E-state index in [1.807, 2.05) is 25.0 Å². The summed E-state index contributed by atoms with van der Waals surface area (Å²) in [6, 6.07) is 10.6. The molecule has 0 amide bonds. The Morgan fingerprint density at radius 3 is 2.41 bits per heavy atom. The average Bonchev–Trinajstić information content (AvgIpc) is 3.40. The van der Waals surface area contributed by atoms with Crippen LogP contribution in [0.2, 0.25) is 0 Å². The SMILES string of the molecule is CCN(c1cc2c(cc1C1CC1)CN(c1ccc(F)cc1)N2C)S(C)(=O)=O. The van der Waals surface area contributed by atoms with Gasteiger partial charge in [0.05, 0.1) is 29.9 Å². The third-order valence-electron chi connectivity index (χ3n) is 5.36. The Labute approximate surface area is 160 Å². The third-order valence-corrected chi connectivity index (χ3v) is 6.61. The summed E-state index contributed by atoms with van der Waals surface area (Å²) >= 11 is 0. The van der Waals surface area contributed by atoms with Gasteiger partial charge in [0.15, 0.2) is 0 Å². The summed E-state index contributed by atoms with van der Waals surface area (Å²) in [5, 5.41) is 4.08. The zero-order valence-corrected chi connectivity index (χ0v) is 16.6. The highest BCUT2D eigenvalue weighted by molar-refractivity contribution is 7.92. The van der Waals surface area contributed by atoms with E-state index >= 15 is 0 Å². The van der Waals surface area contributed by atoms with Gasteiger partial charge in [0.2, 0.25) is 10.0 Å². The number of rotatable bonds is 5. The summed E-state index contributed by atoms with van der Waals surface area (Å²) in [4.78, 5) is 0. The lowest BCUT2D eigenvalue weighted by Crippen LogP contribution is -2.34. The summed E-state index contributed by atoms with van der Waals surface area (Å²) in [5.74, 6) is 0.175. The maximum atomic E-state index is 13.3. The molecule has 27 heavy (non-hydrogen) atoms.